The quantitative estimate of drug-likeness (QED) is 0.631. The van der Waals surface area contributed by atoms with Crippen molar-refractivity contribution in [1.82, 2.24) is 25.5 Å². The molecule has 0 aliphatic carbocycles. The van der Waals surface area contributed by atoms with Gasteiger partial charge in [0.1, 0.15) is 12.1 Å². The summed E-state index contributed by atoms with van der Waals surface area (Å²) in [5, 5.41) is 13.5. The molecule has 0 saturated carbocycles. The SMILES string of the molecule is O=C(COC(=O)c1ccc(-n2cnnn2)cc1)NCCc1ccc(F)cc1. The van der Waals surface area contributed by atoms with E-state index in [4.69, 9.17) is 4.74 Å². The molecule has 3 aromatic rings. The van der Waals surface area contributed by atoms with Crippen molar-refractivity contribution in [3.8, 4) is 5.69 Å². The van der Waals surface area contributed by atoms with Crippen molar-refractivity contribution in [2.75, 3.05) is 13.2 Å². The number of esters is 1. The molecule has 8 nitrogen and oxygen atoms in total. The summed E-state index contributed by atoms with van der Waals surface area (Å²) in [6, 6.07) is 12.5. The zero-order chi connectivity index (χ0) is 19.1. The van der Waals surface area contributed by atoms with Crippen LogP contribution in [0, 0.1) is 5.82 Å². The molecule has 1 heterocycles. The van der Waals surface area contributed by atoms with Crippen molar-refractivity contribution in [1.29, 1.82) is 0 Å². The lowest BCUT2D eigenvalue weighted by Gasteiger charge is -2.07. The van der Waals surface area contributed by atoms with E-state index in [0.29, 0.717) is 24.2 Å². The van der Waals surface area contributed by atoms with Gasteiger partial charge in [0.2, 0.25) is 0 Å². The molecule has 0 aliphatic heterocycles. The number of carbonyl (C=O) groups excluding carboxylic acids is 2. The van der Waals surface area contributed by atoms with Crippen LogP contribution in [0.25, 0.3) is 5.69 Å². The van der Waals surface area contributed by atoms with Crippen LogP contribution in [-0.2, 0) is 16.0 Å². The van der Waals surface area contributed by atoms with Crippen LogP contribution in [0.15, 0.2) is 54.9 Å². The summed E-state index contributed by atoms with van der Waals surface area (Å²) >= 11 is 0. The number of nitrogens with zero attached hydrogens (tertiary/aromatic N) is 4. The van der Waals surface area contributed by atoms with E-state index in [9.17, 15) is 14.0 Å². The Morgan fingerprint density at radius 2 is 1.81 bits per heavy atom. The molecule has 1 N–H and O–H groups in total. The minimum absolute atomic E-state index is 0.305. The number of rotatable bonds is 7. The first-order chi connectivity index (χ1) is 13.1. The smallest absolute Gasteiger partial charge is 0.338 e. The van der Waals surface area contributed by atoms with Gasteiger partial charge in [-0.2, -0.15) is 0 Å². The Morgan fingerprint density at radius 1 is 1.07 bits per heavy atom. The molecular formula is C18H16FN5O3. The van der Waals surface area contributed by atoms with Gasteiger partial charge >= 0.3 is 5.97 Å². The monoisotopic (exact) mass is 369 g/mol. The highest BCUT2D eigenvalue weighted by Gasteiger charge is 2.10. The Balaban J connectivity index is 1.41. The Morgan fingerprint density at radius 3 is 2.48 bits per heavy atom. The van der Waals surface area contributed by atoms with Crippen LogP contribution in [0.4, 0.5) is 4.39 Å². The number of tetrazole rings is 1. The number of hydrogen-bond donors (Lipinski definition) is 1. The minimum atomic E-state index is -0.605. The minimum Gasteiger partial charge on any atom is -0.452 e. The van der Waals surface area contributed by atoms with Crippen LogP contribution < -0.4 is 5.32 Å². The van der Waals surface area contributed by atoms with E-state index in [2.05, 4.69) is 20.8 Å². The molecule has 27 heavy (non-hydrogen) atoms. The van der Waals surface area contributed by atoms with Gasteiger partial charge in [0, 0.05) is 6.54 Å². The van der Waals surface area contributed by atoms with Crippen LogP contribution in [0.2, 0.25) is 0 Å². The number of aromatic nitrogens is 4. The van der Waals surface area contributed by atoms with Gasteiger partial charge in [-0.15, -0.1) is 5.10 Å². The molecule has 0 saturated heterocycles. The standard InChI is InChI=1S/C18H16FN5O3/c19-15-5-1-13(2-6-15)9-10-20-17(25)11-27-18(26)14-3-7-16(8-4-14)24-12-21-22-23-24/h1-8,12H,9-11H2,(H,20,25). The lowest BCUT2D eigenvalue weighted by molar-refractivity contribution is -0.124. The molecule has 138 valence electrons. The Bertz CT molecular complexity index is 896. The predicted molar refractivity (Wildman–Crippen MR) is 92.6 cm³/mol. The number of ether oxygens (including phenoxy) is 1. The highest BCUT2D eigenvalue weighted by atomic mass is 19.1. The fourth-order valence-electron chi connectivity index (χ4n) is 2.29. The van der Waals surface area contributed by atoms with Crippen LogP contribution >= 0.6 is 0 Å². The van der Waals surface area contributed by atoms with E-state index in [1.165, 1.54) is 23.1 Å². The fourth-order valence-corrected chi connectivity index (χ4v) is 2.29. The second kappa shape index (κ2) is 8.65. The van der Waals surface area contributed by atoms with Gasteiger partial charge < -0.3 is 10.1 Å². The third-order valence-electron chi connectivity index (χ3n) is 3.70. The summed E-state index contributed by atoms with van der Waals surface area (Å²) < 4.78 is 19.3. The van der Waals surface area contributed by atoms with Gasteiger partial charge in [-0.1, -0.05) is 12.1 Å². The summed E-state index contributed by atoms with van der Waals surface area (Å²) in [6.45, 7) is -0.0142. The van der Waals surface area contributed by atoms with E-state index in [0.717, 1.165) is 5.56 Å². The van der Waals surface area contributed by atoms with Crippen molar-refractivity contribution >= 4 is 11.9 Å². The lowest BCUT2D eigenvalue weighted by Crippen LogP contribution is -2.30. The molecule has 3 rings (SSSR count). The van der Waals surface area contributed by atoms with Crippen LogP contribution in [0.3, 0.4) is 0 Å². The van der Waals surface area contributed by atoms with Crippen molar-refractivity contribution in [3.63, 3.8) is 0 Å². The number of halogens is 1. The third kappa shape index (κ3) is 5.18. The molecule has 2 aromatic carbocycles. The number of hydrogen-bond acceptors (Lipinski definition) is 6. The van der Waals surface area contributed by atoms with E-state index in [-0.39, 0.29) is 12.4 Å². The topological polar surface area (TPSA) is 99.0 Å². The van der Waals surface area contributed by atoms with Crippen molar-refractivity contribution in [2.45, 2.75) is 6.42 Å². The fraction of sp³-hybridized carbons (Fsp3) is 0.167. The van der Waals surface area contributed by atoms with Gasteiger partial charge in [0.25, 0.3) is 5.91 Å². The highest BCUT2D eigenvalue weighted by Crippen LogP contribution is 2.09. The number of benzene rings is 2. The van der Waals surface area contributed by atoms with Gasteiger partial charge in [-0.3, -0.25) is 4.79 Å². The maximum Gasteiger partial charge on any atom is 0.338 e. The van der Waals surface area contributed by atoms with E-state index >= 15 is 0 Å². The first-order valence-corrected chi connectivity index (χ1v) is 8.13. The van der Waals surface area contributed by atoms with Gasteiger partial charge in [0.05, 0.1) is 11.3 Å². The first kappa shape index (κ1) is 18.2. The van der Waals surface area contributed by atoms with Crippen LogP contribution in [0.5, 0.6) is 0 Å². The predicted octanol–water partition coefficient (Wildman–Crippen LogP) is 1.32. The summed E-state index contributed by atoms with van der Waals surface area (Å²) in [5.41, 5.74) is 1.90. The average molecular weight is 369 g/mol. The molecule has 1 aromatic heterocycles. The molecule has 0 unspecified atom stereocenters. The zero-order valence-corrected chi connectivity index (χ0v) is 14.2. The lowest BCUT2D eigenvalue weighted by atomic mass is 10.1. The average Bonchev–Trinajstić information content (AvgIpc) is 3.22. The largest absolute Gasteiger partial charge is 0.452 e. The summed E-state index contributed by atoms with van der Waals surface area (Å²) in [4.78, 5) is 23.7. The summed E-state index contributed by atoms with van der Waals surface area (Å²) in [7, 11) is 0. The Labute approximate surface area is 154 Å². The zero-order valence-electron chi connectivity index (χ0n) is 14.2. The van der Waals surface area contributed by atoms with E-state index in [1.54, 1.807) is 36.4 Å². The second-order valence-electron chi connectivity index (χ2n) is 5.60. The maximum absolute atomic E-state index is 12.8. The van der Waals surface area contributed by atoms with Crippen LogP contribution in [-0.4, -0.2) is 45.2 Å². The molecule has 1 amide bonds. The Kier molecular flexibility index (Phi) is 5.83. The molecule has 0 bridgehead atoms. The van der Waals surface area contributed by atoms with E-state index in [1.807, 2.05) is 0 Å². The van der Waals surface area contributed by atoms with Gasteiger partial charge in [-0.25, -0.2) is 13.9 Å². The third-order valence-corrected chi connectivity index (χ3v) is 3.70. The summed E-state index contributed by atoms with van der Waals surface area (Å²) in [5.74, 6) is -1.32. The first-order valence-electron chi connectivity index (χ1n) is 8.13. The maximum atomic E-state index is 12.8. The highest BCUT2D eigenvalue weighted by molar-refractivity contribution is 5.91. The molecule has 0 aliphatic rings. The molecular weight excluding hydrogens is 353 g/mol. The summed E-state index contributed by atoms with van der Waals surface area (Å²) in [6.07, 6.45) is 1.99. The molecule has 0 fully saturated rings. The van der Waals surface area contributed by atoms with Gasteiger partial charge in [-0.05, 0) is 58.8 Å². The normalized spacial score (nSPS) is 10.4. The number of amides is 1. The van der Waals surface area contributed by atoms with Crippen molar-refractivity contribution < 1.29 is 18.7 Å². The Hall–Kier alpha value is -3.62. The number of nitrogens with one attached hydrogen (secondary N) is 1. The second-order valence-corrected chi connectivity index (χ2v) is 5.60. The molecule has 0 spiro atoms. The van der Waals surface area contributed by atoms with E-state index < -0.39 is 11.9 Å². The van der Waals surface area contributed by atoms with Crippen molar-refractivity contribution in [2.24, 2.45) is 0 Å². The molecule has 0 atom stereocenters. The number of carbonyl (C=O) groups is 2. The van der Waals surface area contributed by atoms with Crippen LogP contribution in [0.1, 0.15) is 15.9 Å². The van der Waals surface area contributed by atoms with Gasteiger partial charge in [0.15, 0.2) is 6.61 Å². The molecule has 0 radical (unpaired) electrons. The molecule has 9 heteroatoms. The van der Waals surface area contributed by atoms with Crippen molar-refractivity contribution in [3.05, 3.63) is 71.8 Å².